The predicted molar refractivity (Wildman–Crippen MR) is 105 cm³/mol. The Balaban J connectivity index is 1.69. The molecule has 2 aromatic carbocycles. The van der Waals surface area contributed by atoms with E-state index < -0.39 is 0 Å². The van der Waals surface area contributed by atoms with Crippen LogP contribution in [0.1, 0.15) is 12.5 Å². The van der Waals surface area contributed by atoms with E-state index in [1.807, 2.05) is 73.1 Å². The van der Waals surface area contributed by atoms with Gasteiger partial charge in [0, 0.05) is 18.6 Å². The summed E-state index contributed by atoms with van der Waals surface area (Å²) in [5.41, 5.74) is 1.96. The van der Waals surface area contributed by atoms with Crippen LogP contribution in [-0.4, -0.2) is 37.9 Å². The Morgan fingerprint density at radius 3 is 2.73 bits per heavy atom. The molecule has 1 aromatic heterocycles. The third kappa shape index (κ3) is 4.45. The first-order valence-corrected chi connectivity index (χ1v) is 9.42. The molecule has 1 unspecified atom stereocenters. The van der Waals surface area contributed by atoms with Crippen molar-refractivity contribution in [3.05, 3.63) is 71.5 Å². The molecule has 0 radical (unpaired) electrons. The molecule has 0 aliphatic carbocycles. The van der Waals surface area contributed by atoms with Gasteiger partial charge in [-0.25, -0.2) is 0 Å². The first-order chi connectivity index (χ1) is 12.5. The van der Waals surface area contributed by atoms with Gasteiger partial charge in [-0.1, -0.05) is 59.8 Å². The van der Waals surface area contributed by atoms with Gasteiger partial charge in [-0.15, -0.1) is 10.2 Å². The van der Waals surface area contributed by atoms with Crippen LogP contribution in [0.4, 0.5) is 0 Å². The fourth-order valence-corrected chi connectivity index (χ4v) is 3.70. The van der Waals surface area contributed by atoms with E-state index in [-0.39, 0.29) is 11.2 Å². The third-order valence-corrected chi connectivity index (χ3v) is 5.15. The Bertz CT molecular complexity index is 884. The van der Waals surface area contributed by atoms with Crippen molar-refractivity contribution < 1.29 is 4.79 Å². The zero-order valence-electron chi connectivity index (χ0n) is 14.5. The van der Waals surface area contributed by atoms with Gasteiger partial charge >= 0.3 is 0 Å². The number of hydrogen-bond donors (Lipinski definition) is 0. The summed E-state index contributed by atoms with van der Waals surface area (Å²) in [5.74, 6) is 0.0412. The zero-order valence-corrected chi connectivity index (χ0v) is 16.1. The maximum Gasteiger partial charge on any atom is 0.235 e. The lowest BCUT2D eigenvalue weighted by molar-refractivity contribution is -0.129. The molecule has 3 rings (SSSR count). The van der Waals surface area contributed by atoms with E-state index in [1.54, 1.807) is 11.2 Å². The van der Waals surface area contributed by atoms with Crippen molar-refractivity contribution in [1.82, 2.24) is 19.7 Å². The van der Waals surface area contributed by atoms with E-state index in [1.165, 1.54) is 11.8 Å². The van der Waals surface area contributed by atoms with E-state index in [2.05, 4.69) is 10.2 Å². The molecule has 0 aliphatic rings. The van der Waals surface area contributed by atoms with Gasteiger partial charge in [0.05, 0.1) is 10.9 Å². The molecule has 0 spiro atoms. The second-order valence-electron chi connectivity index (χ2n) is 5.90. The Morgan fingerprint density at radius 1 is 1.23 bits per heavy atom. The summed E-state index contributed by atoms with van der Waals surface area (Å²) >= 11 is 7.45. The molecule has 5 nitrogen and oxygen atoms in total. The van der Waals surface area contributed by atoms with E-state index >= 15 is 0 Å². The molecule has 0 fully saturated rings. The molecule has 3 aromatic rings. The van der Waals surface area contributed by atoms with Crippen LogP contribution in [-0.2, 0) is 11.3 Å². The normalized spacial score (nSPS) is 12.0. The second kappa shape index (κ2) is 8.38. The number of hydrogen-bond acceptors (Lipinski definition) is 4. The van der Waals surface area contributed by atoms with Crippen molar-refractivity contribution in [2.45, 2.75) is 23.9 Å². The Labute approximate surface area is 162 Å². The fraction of sp³-hybridized carbons (Fsp3) is 0.211. The highest BCUT2D eigenvalue weighted by Gasteiger charge is 2.21. The first kappa shape index (κ1) is 18.5. The number of nitrogens with zero attached hydrogens (tertiary/aromatic N) is 4. The van der Waals surface area contributed by atoms with Gasteiger partial charge in [0.15, 0.2) is 5.16 Å². The topological polar surface area (TPSA) is 51.0 Å². The van der Waals surface area contributed by atoms with Gasteiger partial charge in [-0.3, -0.25) is 9.36 Å². The number of rotatable bonds is 6. The minimum Gasteiger partial charge on any atom is -0.340 e. The van der Waals surface area contributed by atoms with Gasteiger partial charge in [-0.2, -0.15) is 0 Å². The molecule has 0 saturated carbocycles. The van der Waals surface area contributed by atoms with Gasteiger partial charge in [-0.05, 0) is 30.7 Å². The molecule has 134 valence electrons. The van der Waals surface area contributed by atoms with Gasteiger partial charge in [0.25, 0.3) is 0 Å². The Hall–Kier alpha value is -2.31. The lowest BCUT2D eigenvalue weighted by atomic mass is 10.2. The monoisotopic (exact) mass is 386 g/mol. The minimum absolute atomic E-state index is 0.0412. The maximum atomic E-state index is 12.7. The summed E-state index contributed by atoms with van der Waals surface area (Å²) in [4.78, 5) is 14.4. The molecule has 1 atom stereocenters. The molecular formula is C19H19ClN4OS. The van der Waals surface area contributed by atoms with Crippen LogP contribution >= 0.6 is 23.4 Å². The highest BCUT2D eigenvalue weighted by atomic mass is 35.5. The van der Waals surface area contributed by atoms with Gasteiger partial charge < -0.3 is 4.90 Å². The highest BCUT2D eigenvalue weighted by molar-refractivity contribution is 8.00. The number of thioether (sulfide) groups is 1. The van der Waals surface area contributed by atoms with E-state index in [0.29, 0.717) is 16.7 Å². The van der Waals surface area contributed by atoms with Crippen LogP contribution in [0.15, 0.2) is 66.1 Å². The van der Waals surface area contributed by atoms with Crippen LogP contribution in [0.3, 0.4) is 0 Å². The van der Waals surface area contributed by atoms with Crippen molar-refractivity contribution >= 4 is 29.3 Å². The number of halogens is 1. The number of aromatic nitrogens is 3. The predicted octanol–water partition coefficient (Wildman–Crippen LogP) is 4.06. The smallest absolute Gasteiger partial charge is 0.235 e. The molecule has 0 saturated heterocycles. The molecule has 0 aliphatic heterocycles. The van der Waals surface area contributed by atoms with Crippen LogP contribution in [0.25, 0.3) is 5.69 Å². The molecular weight excluding hydrogens is 368 g/mol. The minimum atomic E-state index is -0.286. The summed E-state index contributed by atoms with van der Waals surface area (Å²) in [7, 11) is 1.81. The molecule has 1 amide bonds. The van der Waals surface area contributed by atoms with Crippen molar-refractivity contribution in [3.8, 4) is 5.69 Å². The average molecular weight is 387 g/mol. The lowest BCUT2D eigenvalue weighted by Crippen LogP contribution is -2.32. The quantitative estimate of drug-likeness (QED) is 0.599. The average Bonchev–Trinajstić information content (AvgIpc) is 3.10. The highest BCUT2D eigenvalue weighted by Crippen LogP contribution is 2.26. The first-order valence-electron chi connectivity index (χ1n) is 8.16. The van der Waals surface area contributed by atoms with E-state index in [4.69, 9.17) is 11.6 Å². The van der Waals surface area contributed by atoms with Crippen LogP contribution in [0.2, 0.25) is 5.02 Å². The molecule has 26 heavy (non-hydrogen) atoms. The summed E-state index contributed by atoms with van der Waals surface area (Å²) < 4.78 is 1.83. The van der Waals surface area contributed by atoms with Gasteiger partial charge in [0.2, 0.25) is 5.91 Å². The summed E-state index contributed by atoms with van der Waals surface area (Å²) in [6, 6.07) is 17.4. The lowest BCUT2D eigenvalue weighted by Gasteiger charge is -2.21. The number of carbonyl (C=O) groups excluding carboxylic acids is 1. The SMILES string of the molecule is CC(Sc1nncn1-c1cccc(Cl)c1)C(=O)N(C)Cc1ccccc1. The Morgan fingerprint density at radius 2 is 2.00 bits per heavy atom. The van der Waals surface area contributed by atoms with Crippen LogP contribution in [0, 0.1) is 0 Å². The van der Waals surface area contributed by atoms with Crippen LogP contribution < -0.4 is 0 Å². The van der Waals surface area contributed by atoms with Crippen molar-refractivity contribution in [1.29, 1.82) is 0 Å². The van der Waals surface area contributed by atoms with Crippen LogP contribution in [0.5, 0.6) is 0 Å². The summed E-state index contributed by atoms with van der Waals surface area (Å²) in [5, 5.41) is 9.13. The molecule has 0 N–H and O–H groups in total. The third-order valence-electron chi connectivity index (χ3n) is 3.87. The van der Waals surface area contributed by atoms with E-state index in [9.17, 15) is 4.79 Å². The second-order valence-corrected chi connectivity index (χ2v) is 7.65. The van der Waals surface area contributed by atoms with E-state index in [0.717, 1.165) is 11.3 Å². The molecule has 0 bridgehead atoms. The zero-order chi connectivity index (χ0) is 18.5. The number of amides is 1. The summed E-state index contributed by atoms with van der Waals surface area (Å²) in [6.07, 6.45) is 1.62. The number of carbonyl (C=O) groups is 1. The van der Waals surface area contributed by atoms with Crippen molar-refractivity contribution in [3.63, 3.8) is 0 Å². The van der Waals surface area contributed by atoms with Crippen molar-refractivity contribution in [2.24, 2.45) is 0 Å². The fourth-order valence-electron chi connectivity index (χ4n) is 2.56. The largest absolute Gasteiger partial charge is 0.340 e. The summed E-state index contributed by atoms with van der Waals surface area (Å²) in [6.45, 7) is 2.46. The van der Waals surface area contributed by atoms with Gasteiger partial charge in [0.1, 0.15) is 6.33 Å². The number of benzene rings is 2. The Kier molecular flexibility index (Phi) is 5.96. The van der Waals surface area contributed by atoms with Crippen molar-refractivity contribution in [2.75, 3.05) is 7.05 Å². The molecule has 1 heterocycles. The molecule has 7 heteroatoms. The standard InChI is InChI=1S/C19H19ClN4OS/c1-14(18(25)23(2)12-15-7-4-3-5-8-15)26-19-22-21-13-24(19)17-10-6-9-16(20)11-17/h3-11,13-14H,12H2,1-2H3. The maximum absolute atomic E-state index is 12.7.